The SMILES string of the molecule is CCNC(=NCc1nccc2ccccc12)N(C)Cc1ccccc1.I. The second kappa shape index (κ2) is 10.1. The molecule has 0 saturated heterocycles. The van der Waals surface area contributed by atoms with Crippen molar-refractivity contribution in [2.45, 2.75) is 20.0 Å². The van der Waals surface area contributed by atoms with E-state index < -0.39 is 0 Å². The predicted molar refractivity (Wildman–Crippen MR) is 120 cm³/mol. The lowest BCUT2D eigenvalue weighted by Crippen LogP contribution is -2.38. The summed E-state index contributed by atoms with van der Waals surface area (Å²) >= 11 is 0. The van der Waals surface area contributed by atoms with Crippen LogP contribution in [-0.4, -0.2) is 29.4 Å². The molecule has 1 heterocycles. The quantitative estimate of drug-likeness (QED) is 0.348. The van der Waals surface area contributed by atoms with Crippen molar-refractivity contribution in [3.05, 3.63) is 78.1 Å². The molecule has 0 aliphatic carbocycles. The first-order valence-corrected chi connectivity index (χ1v) is 8.64. The van der Waals surface area contributed by atoms with Gasteiger partial charge in [0.2, 0.25) is 0 Å². The molecule has 0 bridgehead atoms. The summed E-state index contributed by atoms with van der Waals surface area (Å²) in [5, 5.41) is 5.73. The van der Waals surface area contributed by atoms with Gasteiger partial charge in [-0.25, -0.2) is 4.99 Å². The smallest absolute Gasteiger partial charge is 0.194 e. The van der Waals surface area contributed by atoms with E-state index in [0.717, 1.165) is 30.1 Å². The van der Waals surface area contributed by atoms with Gasteiger partial charge in [-0.3, -0.25) is 4.98 Å². The lowest BCUT2D eigenvalue weighted by Gasteiger charge is -2.22. The van der Waals surface area contributed by atoms with Crippen molar-refractivity contribution in [3.63, 3.8) is 0 Å². The zero-order valence-corrected chi connectivity index (χ0v) is 17.6. The van der Waals surface area contributed by atoms with E-state index in [-0.39, 0.29) is 24.0 Å². The third kappa shape index (κ3) is 5.17. The summed E-state index contributed by atoms with van der Waals surface area (Å²) in [6, 6.07) is 20.8. The number of rotatable bonds is 5. The molecule has 2 aromatic carbocycles. The highest BCUT2D eigenvalue weighted by Gasteiger charge is 2.07. The van der Waals surface area contributed by atoms with Gasteiger partial charge < -0.3 is 10.2 Å². The highest BCUT2D eigenvalue weighted by Crippen LogP contribution is 2.17. The molecule has 0 atom stereocenters. The molecule has 0 amide bonds. The number of nitrogens with one attached hydrogen (secondary N) is 1. The van der Waals surface area contributed by atoms with E-state index in [2.05, 4.69) is 65.6 Å². The van der Waals surface area contributed by atoms with E-state index in [9.17, 15) is 0 Å². The molecule has 1 aromatic heterocycles. The Morgan fingerprint density at radius 3 is 2.54 bits per heavy atom. The monoisotopic (exact) mass is 460 g/mol. The molecule has 0 radical (unpaired) electrons. The predicted octanol–water partition coefficient (Wildman–Crippen LogP) is 4.45. The van der Waals surface area contributed by atoms with Crippen molar-refractivity contribution in [1.82, 2.24) is 15.2 Å². The minimum atomic E-state index is 0. The van der Waals surface area contributed by atoms with Gasteiger partial charge in [0.25, 0.3) is 0 Å². The second-order valence-corrected chi connectivity index (χ2v) is 5.99. The maximum atomic E-state index is 4.80. The first kappa shape index (κ1) is 20.2. The van der Waals surface area contributed by atoms with Gasteiger partial charge in [-0.15, -0.1) is 24.0 Å². The molecule has 4 nitrogen and oxygen atoms in total. The standard InChI is InChI=1S/C21H24N4.HI/c1-3-22-21(25(2)16-17-9-5-4-6-10-17)24-15-20-19-12-8-7-11-18(19)13-14-23-20;/h4-14H,3,15-16H2,1-2H3,(H,22,24);1H. The first-order valence-electron chi connectivity index (χ1n) is 8.64. The van der Waals surface area contributed by atoms with Crippen LogP contribution in [0.25, 0.3) is 10.8 Å². The number of hydrogen-bond acceptors (Lipinski definition) is 2. The zero-order valence-electron chi connectivity index (χ0n) is 15.2. The van der Waals surface area contributed by atoms with E-state index in [1.54, 1.807) is 0 Å². The largest absolute Gasteiger partial charge is 0.357 e. The Morgan fingerprint density at radius 1 is 1.04 bits per heavy atom. The molecule has 0 spiro atoms. The number of nitrogens with zero attached hydrogens (tertiary/aromatic N) is 3. The van der Waals surface area contributed by atoms with Crippen LogP contribution in [0.2, 0.25) is 0 Å². The van der Waals surface area contributed by atoms with Gasteiger partial charge in [0.15, 0.2) is 5.96 Å². The molecular formula is C21H25IN4. The van der Waals surface area contributed by atoms with Crippen LogP contribution >= 0.6 is 24.0 Å². The van der Waals surface area contributed by atoms with Crippen LogP contribution in [0.5, 0.6) is 0 Å². The lowest BCUT2D eigenvalue weighted by atomic mass is 10.1. The van der Waals surface area contributed by atoms with Gasteiger partial charge in [-0.05, 0) is 23.9 Å². The summed E-state index contributed by atoms with van der Waals surface area (Å²) in [4.78, 5) is 11.5. The summed E-state index contributed by atoms with van der Waals surface area (Å²) in [6.45, 7) is 4.29. The average molecular weight is 460 g/mol. The number of guanidine groups is 1. The Bertz CT molecular complexity index is 844. The van der Waals surface area contributed by atoms with Gasteiger partial charge in [-0.2, -0.15) is 0 Å². The fourth-order valence-electron chi connectivity index (χ4n) is 2.86. The third-order valence-electron chi connectivity index (χ3n) is 4.09. The molecule has 136 valence electrons. The van der Waals surface area contributed by atoms with Crippen molar-refractivity contribution < 1.29 is 0 Å². The fourth-order valence-corrected chi connectivity index (χ4v) is 2.86. The molecule has 0 fully saturated rings. The maximum Gasteiger partial charge on any atom is 0.194 e. The summed E-state index contributed by atoms with van der Waals surface area (Å²) in [6.07, 6.45) is 1.85. The van der Waals surface area contributed by atoms with Gasteiger partial charge in [0, 0.05) is 31.7 Å². The van der Waals surface area contributed by atoms with Crippen LogP contribution in [0.15, 0.2) is 71.9 Å². The number of fused-ring (bicyclic) bond motifs is 1. The highest BCUT2D eigenvalue weighted by atomic mass is 127. The molecule has 0 saturated carbocycles. The van der Waals surface area contributed by atoms with Crippen LogP contribution in [0, 0.1) is 0 Å². The first-order chi connectivity index (χ1) is 12.3. The summed E-state index contributed by atoms with van der Waals surface area (Å²) in [7, 11) is 2.06. The van der Waals surface area contributed by atoms with E-state index in [1.807, 2.05) is 30.5 Å². The number of aromatic nitrogens is 1. The van der Waals surface area contributed by atoms with Crippen LogP contribution < -0.4 is 5.32 Å². The molecule has 3 aromatic rings. The number of halogens is 1. The Morgan fingerprint density at radius 2 is 1.77 bits per heavy atom. The minimum Gasteiger partial charge on any atom is -0.357 e. The topological polar surface area (TPSA) is 40.5 Å². The second-order valence-electron chi connectivity index (χ2n) is 5.99. The Kier molecular flexibility index (Phi) is 7.84. The number of pyridine rings is 1. The zero-order chi connectivity index (χ0) is 17.5. The molecule has 0 unspecified atom stereocenters. The van der Waals surface area contributed by atoms with Gasteiger partial charge in [0.05, 0.1) is 12.2 Å². The van der Waals surface area contributed by atoms with Crippen LogP contribution in [0.3, 0.4) is 0 Å². The fraction of sp³-hybridized carbons (Fsp3) is 0.238. The van der Waals surface area contributed by atoms with Gasteiger partial charge >= 0.3 is 0 Å². The Labute approximate surface area is 172 Å². The number of aliphatic imine (C=N–C) groups is 1. The molecule has 3 rings (SSSR count). The molecule has 26 heavy (non-hydrogen) atoms. The van der Waals surface area contributed by atoms with Crippen molar-refractivity contribution in [1.29, 1.82) is 0 Å². The molecule has 0 aliphatic rings. The lowest BCUT2D eigenvalue weighted by molar-refractivity contribution is 0.476. The van der Waals surface area contributed by atoms with Crippen molar-refractivity contribution in [2.75, 3.05) is 13.6 Å². The molecular weight excluding hydrogens is 435 g/mol. The molecule has 5 heteroatoms. The summed E-state index contributed by atoms with van der Waals surface area (Å²) in [5.41, 5.74) is 2.26. The van der Waals surface area contributed by atoms with E-state index in [0.29, 0.717) is 6.54 Å². The molecule has 1 N–H and O–H groups in total. The summed E-state index contributed by atoms with van der Waals surface area (Å²) < 4.78 is 0. The van der Waals surface area contributed by atoms with E-state index >= 15 is 0 Å². The van der Waals surface area contributed by atoms with E-state index in [1.165, 1.54) is 10.9 Å². The molecule has 0 aliphatic heterocycles. The van der Waals surface area contributed by atoms with Crippen molar-refractivity contribution in [2.24, 2.45) is 4.99 Å². The minimum absolute atomic E-state index is 0. The Hall–Kier alpha value is -2.15. The van der Waals surface area contributed by atoms with Crippen LogP contribution in [0.1, 0.15) is 18.2 Å². The average Bonchev–Trinajstić information content (AvgIpc) is 2.66. The maximum absolute atomic E-state index is 4.80. The highest BCUT2D eigenvalue weighted by molar-refractivity contribution is 14.0. The number of benzene rings is 2. The van der Waals surface area contributed by atoms with Gasteiger partial charge in [-0.1, -0.05) is 54.6 Å². The summed E-state index contributed by atoms with van der Waals surface area (Å²) in [5.74, 6) is 0.890. The Balaban J connectivity index is 0.00000243. The van der Waals surface area contributed by atoms with Crippen LogP contribution in [0.4, 0.5) is 0 Å². The van der Waals surface area contributed by atoms with E-state index in [4.69, 9.17) is 4.99 Å². The number of hydrogen-bond donors (Lipinski definition) is 1. The third-order valence-corrected chi connectivity index (χ3v) is 4.09. The van der Waals surface area contributed by atoms with Crippen molar-refractivity contribution >= 4 is 40.7 Å². The van der Waals surface area contributed by atoms with Crippen molar-refractivity contribution in [3.8, 4) is 0 Å². The normalized spacial score (nSPS) is 11.1. The van der Waals surface area contributed by atoms with Crippen LogP contribution in [-0.2, 0) is 13.1 Å². The van der Waals surface area contributed by atoms with Gasteiger partial charge in [0.1, 0.15) is 0 Å².